The molecule has 1 amide bonds. The smallest absolute Gasteiger partial charge is 0.319 e. The molecule has 124 valence electrons. The molecule has 1 aliphatic heterocycles. The number of carbonyl (C=O) groups is 1. The second kappa shape index (κ2) is 6.06. The topological polar surface area (TPSA) is 52.5 Å². The van der Waals surface area contributed by atoms with Gasteiger partial charge in [-0.25, -0.2) is 15.1 Å². The van der Waals surface area contributed by atoms with Gasteiger partial charge in [0.2, 0.25) is 0 Å². The number of ether oxygens (including phenoxy) is 1. The molecule has 0 aliphatic carbocycles. The average Bonchev–Trinajstić information content (AvgIpc) is 2.58. The fraction of sp³-hybridized carbons (Fsp3) is 0.143. The number of pyridine rings is 1. The number of H-pyrrole nitrogens is 1. The Hall–Kier alpha value is -3.14. The molecule has 2 N–H and O–H groups in total. The van der Waals surface area contributed by atoms with Gasteiger partial charge in [-0.2, -0.15) is 0 Å². The van der Waals surface area contributed by atoms with Gasteiger partial charge in [-0.3, -0.25) is 0 Å². The van der Waals surface area contributed by atoms with Gasteiger partial charge in [0, 0.05) is 17.2 Å². The van der Waals surface area contributed by atoms with Gasteiger partial charge >= 0.3 is 5.91 Å². The van der Waals surface area contributed by atoms with Crippen LogP contribution in [-0.4, -0.2) is 5.91 Å². The highest BCUT2D eigenvalue weighted by Gasteiger charge is 2.35. The first-order valence-electron chi connectivity index (χ1n) is 8.29. The zero-order valence-corrected chi connectivity index (χ0v) is 14.2. The number of anilines is 1. The largest absolute Gasteiger partial charge is 0.457 e. The summed E-state index contributed by atoms with van der Waals surface area (Å²) in [6, 6.07) is 19.3. The molecule has 2 aromatic carbocycles. The molecule has 0 fully saturated rings. The number of nitrogens with one attached hydrogen (secondary N) is 2. The van der Waals surface area contributed by atoms with Crippen LogP contribution >= 0.6 is 0 Å². The Morgan fingerprint density at radius 2 is 1.56 bits per heavy atom. The molecule has 3 aromatic rings. The summed E-state index contributed by atoms with van der Waals surface area (Å²) in [5, 5.41) is 3.03. The lowest BCUT2D eigenvalue weighted by Crippen LogP contribution is -2.28. The normalized spacial score (nSPS) is 12.7. The molecule has 0 spiro atoms. The third-order valence-electron chi connectivity index (χ3n) is 4.35. The molecule has 0 bridgehead atoms. The summed E-state index contributed by atoms with van der Waals surface area (Å²) in [5.74, 6) is 1.67. The van der Waals surface area contributed by atoms with Gasteiger partial charge in [-0.05, 0) is 37.6 Å². The minimum Gasteiger partial charge on any atom is -0.457 e. The summed E-state index contributed by atoms with van der Waals surface area (Å²) in [6.45, 7) is 3.98. The predicted molar refractivity (Wildman–Crippen MR) is 95.9 cm³/mol. The van der Waals surface area contributed by atoms with Crippen molar-refractivity contribution in [1.82, 2.24) is 0 Å². The molecule has 0 atom stereocenters. The number of aromatic amines is 1. The maximum atomic E-state index is 13.1. The SMILES string of the molecule is Cc1cc(C)[nH+]c(NC(=O)C2c3ccccc3Oc3ccccc32)c1. The Balaban J connectivity index is 1.75. The van der Waals surface area contributed by atoms with E-state index in [1.165, 1.54) is 0 Å². The van der Waals surface area contributed by atoms with E-state index in [0.29, 0.717) is 5.82 Å². The van der Waals surface area contributed by atoms with Gasteiger partial charge in [0.1, 0.15) is 17.4 Å². The van der Waals surface area contributed by atoms with E-state index in [1.54, 1.807) is 0 Å². The maximum absolute atomic E-state index is 13.1. The minimum absolute atomic E-state index is 0.0792. The van der Waals surface area contributed by atoms with Crippen LogP contribution < -0.4 is 15.0 Å². The number of aromatic nitrogens is 1. The Kier molecular flexibility index (Phi) is 3.73. The van der Waals surface area contributed by atoms with Crippen LogP contribution in [-0.2, 0) is 4.79 Å². The number of rotatable bonds is 2. The van der Waals surface area contributed by atoms with Crippen LogP contribution in [0, 0.1) is 13.8 Å². The van der Waals surface area contributed by atoms with Crippen molar-refractivity contribution in [2.75, 3.05) is 5.32 Å². The van der Waals surface area contributed by atoms with E-state index >= 15 is 0 Å². The number of benzene rings is 2. The van der Waals surface area contributed by atoms with Crippen molar-refractivity contribution < 1.29 is 14.5 Å². The Labute approximate surface area is 146 Å². The van der Waals surface area contributed by atoms with Crippen LogP contribution in [0.5, 0.6) is 11.5 Å². The number of amides is 1. The van der Waals surface area contributed by atoms with E-state index in [0.717, 1.165) is 33.9 Å². The first-order valence-corrected chi connectivity index (χ1v) is 8.29. The van der Waals surface area contributed by atoms with Crippen molar-refractivity contribution in [3.05, 3.63) is 83.0 Å². The van der Waals surface area contributed by atoms with Crippen LogP contribution in [0.1, 0.15) is 28.3 Å². The van der Waals surface area contributed by atoms with Gasteiger partial charge in [-0.15, -0.1) is 0 Å². The average molecular weight is 331 g/mol. The number of hydrogen-bond donors (Lipinski definition) is 1. The third-order valence-corrected chi connectivity index (χ3v) is 4.35. The van der Waals surface area contributed by atoms with Crippen LogP contribution in [0.2, 0.25) is 0 Å². The number of carbonyl (C=O) groups excluding carboxylic acids is 1. The molecular weight excluding hydrogens is 312 g/mol. The summed E-state index contributed by atoms with van der Waals surface area (Å²) >= 11 is 0. The lowest BCUT2D eigenvalue weighted by Gasteiger charge is -2.25. The van der Waals surface area contributed by atoms with E-state index in [4.69, 9.17) is 4.74 Å². The molecule has 2 heterocycles. The van der Waals surface area contributed by atoms with Crippen molar-refractivity contribution in [1.29, 1.82) is 0 Å². The molecule has 4 nitrogen and oxygen atoms in total. The lowest BCUT2D eigenvalue weighted by molar-refractivity contribution is -0.370. The molecule has 1 aliphatic rings. The molecule has 4 rings (SSSR count). The number of para-hydroxylation sites is 2. The molecule has 4 heteroatoms. The molecule has 25 heavy (non-hydrogen) atoms. The monoisotopic (exact) mass is 331 g/mol. The van der Waals surface area contributed by atoms with Crippen molar-refractivity contribution in [2.45, 2.75) is 19.8 Å². The van der Waals surface area contributed by atoms with Crippen molar-refractivity contribution in [3.8, 4) is 11.5 Å². The molecule has 0 saturated carbocycles. The summed E-state index contributed by atoms with van der Waals surface area (Å²) in [5.41, 5.74) is 3.86. The molecule has 0 unspecified atom stereocenters. The number of fused-ring (bicyclic) bond motifs is 2. The quantitative estimate of drug-likeness (QED) is 0.772. The minimum atomic E-state index is -0.407. The number of aryl methyl sites for hydroxylation is 2. The van der Waals surface area contributed by atoms with E-state index < -0.39 is 5.92 Å². The Morgan fingerprint density at radius 3 is 2.16 bits per heavy atom. The van der Waals surface area contributed by atoms with Crippen LogP contribution in [0.25, 0.3) is 0 Å². The molecular formula is C21H19N2O2+. The third kappa shape index (κ3) is 2.87. The van der Waals surface area contributed by atoms with Crippen LogP contribution in [0.15, 0.2) is 60.7 Å². The highest BCUT2D eigenvalue weighted by atomic mass is 16.5. The van der Waals surface area contributed by atoms with Gasteiger partial charge in [-0.1, -0.05) is 36.4 Å². The number of hydrogen-bond acceptors (Lipinski definition) is 2. The summed E-state index contributed by atoms with van der Waals surface area (Å²) in [7, 11) is 0. The van der Waals surface area contributed by atoms with Gasteiger partial charge in [0.15, 0.2) is 0 Å². The van der Waals surface area contributed by atoms with Crippen molar-refractivity contribution in [3.63, 3.8) is 0 Å². The standard InChI is InChI=1S/C21H18N2O2/c1-13-11-14(2)22-19(12-13)23-21(24)20-15-7-3-5-9-17(15)25-18-10-6-4-8-16(18)20/h3-12,20H,1-2H3,(H,22,23,24)/p+1. The first-order chi connectivity index (χ1) is 12.1. The van der Waals surface area contributed by atoms with Gasteiger partial charge in [0.25, 0.3) is 5.82 Å². The van der Waals surface area contributed by atoms with Crippen LogP contribution in [0.3, 0.4) is 0 Å². The fourth-order valence-corrected chi connectivity index (χ4v) is 3.36. The Bertz CT molecular complexity index is 900. The van der Waals surface area contributed by atoms with E-state index in [1.807, 2.05) is 74.5 Å². The summed E-state index contributed by atoms with van der Waals surface area (Å²) in [6.07, 6.45) is 0. The van der Waals surface area contributed by atoms with Crippen LogP contribution in [0.4, 0.5) is 5.82 Å². The first kappa shape index (κ1) is 15.4. The van der Waals surface area contributed by atoms with Crippen molar-refractivity contribution in [2.24, 2.45) is 0 Å². The highest BCUT2D eigenvalue weighted by Crippen LogP contribution is 2.44. The van der Waals surface area contributed by atoms with Gasteiger partial charge < -0.3 is 4.74 Å². The molecule has 0 saturated heterocycles. The zero-order chi connectivity index (χ0) is 17.4. The van der Waals surface area contributed by atoms with Gasteiger partial charge in [0.05, 0.1) is 5.69 Å². The predicted octanol–water partition coefficient (Wildman–Crippen LogP) is 3.99. The summed E-state index contributed by atoms with van der Waals surface area (Å²) in [4.78, 5) is 16.3. The summed E-state index contributed by atoms with van der Waals surface area (Å²) < 4.78 is 5.96. The molecule has 1 aromatic heterocycles. The lowest BCUT2D eigenvalue weighted by atomic mass is 9.87. The van der Waals surface area contributed by atoms with E-state index in [2.05, 4.69) is 10.3 Å². The molecule has 0 radical (unpaired) electrons. The van der Waals surface area contributed by atoms with Crippen molar-refractivity contribution >= 4 is 11.7 Å². The van der Waals surface area contributed by atoms with E-state index in [9.17, 15) is 4.79 Å². The maximum Gasteiger partial charge on any atom is 0.319 e. The second-order valence-electron chi connectivity index (χ2n) is 6.35. The fourth-order valence-electron chi connectivity index (χ4n) is 3.36. The Morgan fingerprint density at radius 1 is 0.960 bits per heavy atom. The van der Waals surface area contributed by atoms with E-state index in [-0.39, 0.29) is 5.91 Å². The zero-order valence-electron chi connectivity index (χ0n) is 14.2. The second-order valence-corrected chi connectivity index (χ2v) is 6.35. The highest BCUT2D eigenvalue weighted by molar-refractivity contribution is 5.98.